The molecule has 0 saturated heterocycles. The lowest BCUT2D eigenvalue weighted by Gasteiger charge is -2.30. The molecule has 1 amide bonds. The number of rotatable bonds is 5. The molecule has 2 unspecified atom stereocenters. The van der Waals surface area contributed by atoms with Gasteiger partial charge in [0, 0.05) is 12.1 Å². The van der Waals surface area contributed by atoms with Crippen LogP contribution in [0.2, 0.25) is 5.02 Å². The highest BCUT2D eigenvalue weighted by atomic mass is 35.5. The highest BCUT2D eigenvalue weighted by molar-refractivity contribution is 6.30. The molecule has 2 N–H and O–H groups in total. The first-order chi connectivity index (χ1) is 8.88. The van der Waals surface area contributed by atoms with Crippen molar-refractivity contribution in [3.63, 3.8) is 0 Å². The zero-order chi connectivity index (χ0) is 14.6. The molecule has 1 aromatic rings. The fourth-order valence-electron chi connectivity index (χ4n) is 1.91. The molecule has 0 aliphatic carbocycles. The molecule has 0 aromatic heterocycles. The summed E-state index contributed by atoms with van der Waals surface area (Å²) in [4.78, 5) is 14.0. The van der Waals surface area contributed by atoms with Crippen LogP contribution in [0.5, 0.6) is 0 Å². The SMILES string of the molecule is CCC(C)[C@H](N)C(=O)N(C)C(C)c1cccc(Cl)c1. The van der Waals surface area contributed by atoms with E-state index in [1.54, 1.807) is 11.9 Å². The van der Waals surface area contributed by atoms with E-state index in [2.05, 4.69) is 0 Å². The first-order valence-electron chi connectivity index (χ1n) is 6.66. The zero-order valence-corrected chi connectivity index (χ0v) is 12.8. The predicted octanol–water partition coefficient (Wildman–Crippen LogP) is 3.23. The van der Waals surface area contributed by atoms with Gasteiger partial charge in [-0.15, -0.1) is 0 Å². The van der Waals surface area contributed by atoms with Crippen LogP contribution in [0.25, 0.3) is 0 Å². The molecule has 0 radical (unpaired) electrons. The Labute approximate surface area is 120 Å². The number of benzene rings is 1. The normalized spacial score (nSPS) is 15.7. The first kappa shape index (κ1) is 16.0. The van der Waals surface area contributed by atoms with Crippen molar-refractivity contribution in [2.75, 3.05) is 7.05 Å². The van der Waals surface area contributed by atoms with Crippen molar-refractivity contribution in [1.82, 2.24) is 4.90 Å². The monoisotopic (exact) mass is 282 g/mol. The van der Waals surface area contributed by atoms with Crippen LogP contribution in [0.3, 0.4) is 0 Å². The minimum atomic E-state index is -0.448. The van der Waals surface area contributed by atoms with Crippen molar-refractivity contribution in [2.24, 2.45) is 11.7 Å². The van der Waals surface area contributed by atoms with Crippen LogP contribution in [0.1, 0.15) is 38.8 Å². The average Bonchev–Trinajstić information content (AvgIpc) is 2.43. The van der Waals surface area contributed by atoms with Crippen LogP contribution in [0.4, 0.5) is 0 Å². The molecule has 4 heteroatoms. The number of nitrogens with zero attached hydrogens (tertiary/aromatic N) is 1. The fourth-order valence-corrected chi connectivity index (χ4v) is 2.11. The Morgan fingerprint density at radius 1 is 1.42 bits per heavy atom. The van der Waals surface area contributed by atoms with Crippen LogP contribution >= 0.6 is 11.6 Å². The Morgan fingerprint density at radius 2 is 2.05 bits per heavy atom. The summed E-state index contributed by atoms with van der Waals surface area (Å²) in [5.74, 6) is 0.156. The van der Waals surface area contributed by atoms with Crippen LogP contribution in [0.15, 0.2) is 24.3 Å². The quantitative estimate of drug-likeness (QED) is 0.901. The molecule has 0 aliphatic heterocycles. The van der Waals surface area contributed by atoms with E-state index < -0.39 is 6.04 Å². The van der Waals surface area contributed by atoms with Gasteiger partial charge in [-0.1, -0.05) is 44.0 Å². The van der Waals surface area contributed by atoms with Gasteiger partial charge in [0.2, 0.25) is 5.91 Å². The maximum atomic E-state index is 12.3. The summed E-state index contributed by atoms with van der Waals surface area (Å²) in [6.45, 7) is 6.02. The molecule has 0 saturated carbocycles. The molecule has 3 atom stereocenters. The van der Waals surface area contributed by atoms with Gasteiger partial charge >= 0.3 is 0 Å². The van der Waals surface area contributed by atoms with E-state index in [1.165, 1.54) is 0 Å². The molecule has 1 aromatic carbocycles. The van der Waals surface area contributed by atoms with Gasteiger partial charge in [-0.3, -0.25) is 4.79 Å². The number of hydrogen-bond donors (Lipinski definition) is 1. The summed E-state index contributed by atoms with van der Waals surface area (Å²) in [5, 5.41) is 0.677. The van der Waals surface area contributed by atoms with Gasteiger partial charge in [0.1, 0.15) is 0 Å². The number of amides is 1. The Bertz CT molecular complexity index is 436. The molecule has 1 rings (SSSR count). The van der Waals surface area contributed by atoms with Gasteiger partial charge < -0.3 is 10.6 Å². The van der Waals surface area contributed by atoms with Crippen molar-refractivity contribution in [1.29, 1.82) is 0 Å². The molecule has 0 aliphatic rings. The molecule has 0 bridgehead atoms. The van der Waals surface area contributed by atoms with Crippen LogP contribution in [-0.2, 0) is 4.79 Å². The maximum absolute atomic E-state index is 12.3. The van der Waals surface area contributed by atoms with E-state index in [9.17, 15) is 4.79 Å². The predicted molar refractivity (Wildman–Crippen MR) is 80.1 cm³/mol. The first-order valence-corrected chi connectivity index (χ1v) is 7.04. The maximum Gasteiger partial charge on any atom is 0.240 e. The third kappa shape index (κ3) is 3.95. The smallest absolute Gasteiger partial charge is 0.240 e. The summed E-state index contributed by atoms with van der Waals surface area (Å²) >= 11 is 5.98. The third-order valence-corrected chi connectivity index (χ3v) is 4.04. The number of hydrogen-bond acceptors (Lipinski definition) is 2. The number of likely N-dealkylation sites (N-methyl/N-ethyl adjacent to an activating group) is 1. The lowest BCUT2D eigenvalue weighted by molar-refractivity contribution is -0.134. The Kier molecular flexibility index (Phi) is 5.83. The number of nitrogens with two attached hydrogens (primary N) is 1. The molecule has 3 nitrogen and oxygen atoms in total. The zero-order valence-electron chi connectivity index (χ0n) is 12.1. The van der Waals surface area contributed by atoms with Crippen molar-refractivity contribution >= 4 is 17.5 Å². The van der Waals surface area contributed by atoms with E-state index in [1.807, 2.05) is 45.0 Å². The second kappa shape index (κ2) is 6.92. The van der Waals surface area contributed by atoms with Gasteiger partial charge in [-0.05, 0) is 30.5 Å². The summed E-state index contributed by atoms with van der Waals surface area (Å²) < 4.78 is 0. The summed E-state index contributed by atoms with van der Waals surface area (Å²) in [5.41, 5.74) is 7.01. The van der Waals surface area contributed by atoms with E-state index >= 15 is 0 Å². The van der Waals surface area contributed by atoms with E-state index in [4.69, 9.17) is 17.3 Å². The summed E-state index contributed by atoms with van der Waals surface area (Å²) in [7, 11) is 1.79. The lowest BCUT2D eigenvalue weighted by atomic mass is 9.98. The topological polar surface area (TPSA) is 46.3 Å². The van der Waals surface area contributed by atoms with Gasteiger partial charge in [-0.2, -0.15) is 0 Å². The van der Waals surface area contributed by atoms with Gasteiger partial charge in [0.15, 0.2) is 0 Å². The number of carbonyl (C=O) groups is 1. The van der Waals surface area contributed by atoms with E-state index in [0.29, 0.717) is 5.02 Å². The fraction of sp³-hybridized carbons (Fsp3) is 0.533. The van der Waals surface area contributed by atoms with Crippen molar-refractivity contribution < 1.29 is 4.79 Å². The van der Waals surface area contributed by atoms with Crippen molar-refractivity contribution in [3.8, 4) is 0 Å². The molecule has 0 spiro atoms. The Hall–Kier alpha value is -1.06. The summed E-state index contributed by atoms with van der Waals surface area (Å²) in [6.07, 6.45) is 0.895. The second-order valence-electron chi connectivity index (χ2n) is 5.09. The Balaban J connectivity index is 2.82. The molecule has 19 heavy (non-hydrogen) atoms. The Morgan fingerprint density at radius 3 is 2.58 bits per heavy atom. The van der Waals surface area contributed by atoms with Gasteiger partial charge in [0.05, 0.1) is 12.1 Å². The molecule has 0 fully saturated rings. The number of halogens is 1. The van der Waals surface area contributed by atoms with Crippen LogP contribution in [-0.4, -0.2) is 23.9 Å². The third-order valence-electron chi connectivity index (χ3n) is 3.80. The second-order valence-corrected chi connectivity index (χ2v) is 5.53. The summed E-state index contributed by atoms with van der Waals surface area (Å²) in [6, 6.07) is 7.07. The minimum Gasteiger partial charge on any atom is -0.338 e. The van der Waals surface area contributed by atoms with E-state index in [0.717, 1.165) is 12.0 Å². The minimum absolute atomic E-state index is 0.0261. The van der Waals surface area contributed by atoms with Crippen LogP contribution < -0.4 is 5.73 Å². The van der Waals surface area contributed by atoms with Gasteiger partial charge in [0.25, 0.3) is 0 Å². The van der Waals surface area contributed by atoms with Crippen molar-refractivity contribution in [3.05, 3.63) is 34.9 Å². The molecular formula is C15H23ClN2O. The highest BCUT2D eigenvalue weighted by Gasteiger charge is 2.26. The van der Waals surface area contributed by atoms with Crippen LogP contribution in [0, 0.1) is 5.92 Å². The number of carbonyl (C=O) groups excluding carboxylic acids is 1. The average molecular weight is 283 g/mol. The highest BCUT2D eigenvalue weighted by Crippen LogP contribution is 2.23. The molecule has 0 heterocycles. The van der Waals surface area contributed by atoms with Gasteiger partial charge in [-0.25, -0.2) is 0 Å². The largest absolute Gasteiger partial charge is 0.338 e. The van der Waals surface area contributed by atoms with E-state index in [-0.39, 0.29) is 17.9 Å². The molecule has 106 valence electrons. The lowest BCUT2D eigenvalue weighted by Crippen LogP contribution is -2.46. The standard InChI is InChI=1S/C15H23ClN2O/c1-5-10(2)14(17)15(19)18(4)11(3)12-7-6-8-13(16)9-12/h6-11,14H,5,17H2,1-4H3/t10?,11?,14-/m0/s1. The molecular weight excluding hydrogens is 260 g/mol. The van der Waals surface area contributed by atoms with Crippen molar-refractivity contribution in [2.45, 2.75) is 39.3 Å².